The highest BCUT2D eigenvalue weighted by Gasteiger charge is 2.35. The van der Waals surface area contributed by atoms with Crippen LogP contribution in [0.2, 0.25) is 5.02 Å². The Hall–Kier alpha value is -1.59. The number of carbonyl (C=O) groups excluding carboxylic acids is 2. The van der Waals surface area contributed by atoms with Crippen LogP contribution >= 0.6 is 11.6 Å². The molecule has 0 spiro atoms. The lowest BCUT2D eigenvalue weighted by molar-refractivity contribution is -0.126. The minimum absolute atomic E-state index is 0.0448. The number of hydrogen-bond donors (Lipinski definition) is 2. The first kappa shape index (κ1) is 15.3. The van der Waals surface area contributed by atoms with E-state index < -0.39 is 0 Å². The van der Waals surface area contributed by atoms with Gasteiger partial charge in [0.2, 0.25) is 11.8 Å². The smallest absolute Gasteiger partial charge is 0.227 e. The van der Waals surface area contributed by atoms with Crippen LogP contribution in [-0.2, 0) is 9.59 Å². The average molecular weight is 322 g/mol. The Morgan fingerprint density at radius 2 is 2.23 bits per heavy atom. The van der Waals surface area contributed by atoms with Gasteiger partial charge >= 0.3 is 0 Å². The molecular weight excluding hydrogens is 302 g/mol. The highest BCUT2D eigenvalue weighted by molar-refractivity contribution is 6.33. The van der Waals surface area contributed by atoms with Gasteiger partial charge in [-0.3, -0.25) is 9.59 Å². The number of halogens is 1. The highest BCUT2D eigenvalue weighted by atomic mass is 35.5. The fourth-order valence-electron chi connectivity index (χ4n) is 3.09. The number of anilines is 1. The molecule has 22 heavy (non-hydrogen) atoms. The summed E-state index contributed by atoms with van der Waals surface area (Å²) in [5, 5.41) is 6.84. The molecule has 0 bridgehead atoms. The van der Waals surface area contributed by atoms with Crippen molar-refractivity contribution in [2.24, 2.45) is 5.92 Å². The first-order chi connectivity index (χ1) is 10.6. The molecule has 2 N–H and O–H groups in total. The molecule has 2 unspecified atom stereocenters. The Labute approximate surface area is 135 Å². The van der Waals surface area contributed by atoms with Crippen LogP contribution in [0.1, 0.15) is 19.3 Å². The van der Waals surface area contributed by atoms with Gasteiger partial charge in [-0.05, 0) is 31.5 Å². The minimum Gasteiger partial charge on any atom is -0.354 e. The number of nitrogens with one attached hydrogen (secondary N) is 2. The number of para-hydroxylation sites is 1. The number of benzene rings is 1. The Bertz CT molecular complexity index is 572. The predicted octanol–water partition coefficient (Wildman–Crippen LogP) is 1.56. The fraction of sp³-hybridized carbons (Fsp3) is 0.500. The number of carbonyl (C=O) groups is 2. The van der Waals surface area contributed by atoms with E-state index in [1.807, 2.05) is 18.2 Å². The number of rotatable bonds is 4. The molecule has 0 saturated carbocycles. The van der Waals surface area contributed by atoms with Crippen molar-refractivity contribution in [3.8, 4) is 0 Å². The van der Waals surface area contributed by atoms with Gasteiger partial charge in [0.1, 0.15) is 0 Å². The van der Waals surface area contributed by atoms with Gasteiger partial charge in [0.15, 0.2) is 0 Å². The molecule has 1 aromatic carbocycles. The molecule has 5 nitrogen and oxygen atoms in total. The second-order valence-corrected chi connectivity index (χ2v) is 6.30. The van der Waals surface area contributed by atoms with Crippen molar-refractivity contribution in [3.63, 3.8) is 0 Å². The zero-order valence-corrected chi connectivity index (χ0v) is 13.1. The summed E-state index contributed by atoms with van der Waals surface area (Å²) in [6.45, 7) is 2.05. The summed E-state index contributed by atoms with van der Waals surface area (Å²) in [7, 11) is 0. The lowest BCUT2D eigenvalue weighted by atomic mass is 10.1. The summed E-state index contributed by atoms with van der Waals surface area (Å²) in [4.78, 5) is 26.0. The Balaban J connectivity index is 1.59. The molecule has 2 aliphatic rings. The molecule has 2 heterocycles. The minimum atomic E-state index is -0.301. The summed E-state index contributed by atoms with van der Waals surface area (Å²) >= 11 is 6.14. The maximum Gasteiger partial charge on any atom is 0.227 e. The SMILES string of the molecule is O=C(NCC1CCCN1)C1CC(=O)N(c2ccccc2Cl)C1. The largest absolute Gasteiger partial charge is 0.354 e. The Morgan fingerprint density at radius 1 is 1.41 bits per heavy atom. The summed E-state index contributed by atoms with van der Waals surface area (Å²) in [6.07, 6.45) is 2.49. The molecule has 0 aliphatic carbocycles. The van der Waals surface area contributed by atoms with Crippen molar-refractivity contribution in [3.05, 3.63) is 29.3 Å². The van der Waals surface area contributed by atoms with Gasteiger partial charge in [-0.25, -0.2) is 0 Å². The molecule has 3 rings (SSSR count). The normalized spacial score (nSPS) is 24.8. The maximum atomic E-state index is 12.3. The summed E-state index contributed by atoms with van der Waals surface area (Å²) < 4.78 is 0. The molecule has 2 amide bonds. The lowest BCUT2D eigenvalue weighted by Crippen LogP contribution is -2.40. The van der Waals surface area contributed by atoms with Crippen LogP contribution in [0.15, 0.2) is 24.3 Å². The standard InChI is InChI=1S/C16H20ClN3O2/c17-13-5-1-2-6-14(13)20-10-11(8-15(20)21)16(22)19-9-12-4-3-7-18-12/h1-2,5-6,11-12,18H,3-4,7-10H2,(H,19,22). The van der Waals surface area contributed by atoms with Gasteiger partial charge < -0.3 is 15.5 Å². The lowest BCUT2D eigenvalue weighted by Gasteiger charge is -2.18. The zero-order valence-electron chi connectivity index (χ0n) is 12.3. The summed E-state index contributed by atoms with van der Waals surface area (Å²) in [6, 6.07) is 7.59. The van der Waals surface area contributed by atoms with E-state index in [1.54, 1.807) is 11.0 Å². The monoisotopic (exact) mass is 321 g/mol. The third kappa shape index (κ3) is 3.25. The fourth-order valence-corrected chi connectivity index (χ4v) is 3.32. The Kier molecular flexibility index (Phi) is 4.64. The van der Waals surface area contributed by atoms with Gasteiger partial charge in [0.25, 0.3) is 0 Å². The molecule has 2 saturated heterocycles. The molecule has 2 fully saturated rings. The van der Waals surface area contributed by atoms with Gasteiger partial charge in [-0.2, -0.15) is 0 Å². The van der Waals surface area contributed by atoms with E-state index in [9.17, 15) is 9.59 Å². The average Bonchev–Trinajstić information content (AvgIpc) is 3.15. The van der Waals surface area contributed by atoms with Crippen molar-refractivity contribution in [1.29, 1.82) is 0 Å². The topological polar surface area (TPSA) is 61.4 Å². The molecule has 2 aliphatic heterocycles. The molecular formula is C16H20ClN3O2. The predicted molar refractivity (Wildman–Crippen MR) is 85.9 cm³/mol. The molecule has 1 aromatic rings. The third-order valence-electron chi connectivity index (χ3n) is 4.32. The van der Waals surface area contributed by atoms with E-state index in [-0.39, 0.29) is 24.2 Å². The second kappa shape index (κ2) is 6.67. The number of hydrogen-bond acceptors (Lipinski definition) is 3. The molecule has 118 valence electrons. The molecule has 0 aromatic heterocycles. The van der Waals surface area contributed by atoms with E-state index in [2.05, 4.69) is 10.6 Å². The van der Waals surface area contributed by atoms with Gasteiger partial charge in [0.05, 0.1) is 16.6 Å². The second-order valence-electron chi connectivity index (χ2n) is 5.90. The van der Waals surface area contributed by atoms with Crippen LogP contribution in [0.4, 0.5) is 5.69 Å². The van der Waals surface area contributed by atoms with Crippen LogP contribution in [0.5, 0.6) is 0 Å². The van der Waals surface area contributed by atoms with Crippen LogP contribution in [0, 0.1) is 5.92 Å². The van der Waals surface area contributed by atoms with Crippen LogP contribution < -0.4 is 15.5 Å². The van der Waals surface area contributed by atoms with E-state index in [4.69, 9.17) is 11.6 Å². The van der Waals surface area contributed by atoms with Crippen LogP contribution in [0.25, 0.3) is 0 Å². The molecule has 2 atom stereocenters. The molecule has 0 radical (unpaired) electrons. The van der Waals surface area contributed by atoms with Gasteiger partial charge in [0, 0.05) is 25.6 Å². The van der Waals surface area contributed by atoms with Crippen molar-refractivity contribution in [2.45, 2.75) is 25.3 Å². The van der Waals surface area contributed by atoms with Gasteiger partial charge in [-0.1, -0.05) is 23.7 Å². The first-order valence-electron chi connectivity index (χ1n) is 7.71. The maximum absolute atomic E-state index is 12.3. The van der Waals surface area contributed by atoms with E-state index in [0.29, 0.717) is 29.8 Å². The summed E-state index contributed by atoms with van der Waals surface area (Å²) in [5.74, 6) is -0.394. The number of amides is 2. The van der Waals surface area contributed by atoms with Crippen LogP contribution in [0.3, 0.4) is 0 Å². The van der Waals surface area contributed by atoms with Crippen molar-refractivity contribution < 1.29 is 9.59 Å². The van der Waals surface area contributed by atoms with E-state index in [0.717, 1.165) is 19.4 Å². The quantitative estimate of drug-likeness (QED) is 0.884. The highest BCUT2D eigenvalue weighted by Crippen LogP contribution is 2.30. The third-order valence-corrected chi connectivity index (χ3v) is 4.64. The Morgan fingerprint density at radius 3 is 2.95 bits per heavy atom. The van der Waals surface area contributed by atoms with Crippen molar-refractivity contribution in [1.82, 2.24) is 10.6 Å². The molecule has 6 heteroatoms. The van der Waals surface area contributed by atoms with Gasteiger partial charge in [-0.15, -0.1) is 0 Å². The van der Waals surface area contributed by atoms with Crippen molar-refractivity contribution in [2.75, 3.05) is 24.5 Å². The number of nitrogens with zero attached hydrogens (tertiary/aromatic N) is 1. The van der Waals surface area contributed by atoms with E-state index >= 15 is 0 Å². The zero-order chi connectivity index (χ0) is 15.5. The van der Waals surface area contributed by atoms with Crippen LogP contribution in [-0.4, -0.2) is 37.5 Å². The first-order valence-corrected chi connectivity index (χ1v) is 8.09. The van der Waals surface area contributed by atoms with E-state index in [1.165, 1.54) is 0 Å². The van der Waals surface area contributed by atoms with Crippen molar-refractivity contribution >= 4 is 29.1 Å². The summed E-state index contributed by atoms with van der Waals surface area (Å²) in [5.41, 5.74) is 0.682.